The molecule has 3 rings (SSSR count). The van der Waals surface area contributed by atoms with E-state index in [2.05, 4.69) is 0 Å². The highest BCUT2D eigenvalue weighted by molar-refractivity contribution is 7.92. The summed E-state index contributed by atoms with van der Waals surface area (Å²) in [5, 5.41) is 17.4. The molecule has 1 aromatic heterocycles. The van der Waals surface area contributed by atoms with Crippen LogP contribution in [0.25, 0.3) is 10.9 Å². The molecule has 0 aliphatic heterocycles. The maximum absolute atomic E-state index is 13.6. The minimum atomic E-state index is -3.73. The molecule has 0 atom stereocenters. The Morgan fingerprint density at radius 1 is 1.06 bits per heavy atom. The van der Waals surface area contributed by atoms with Crippen LogP contribution in [0.4, 0.5) is 8.78 Å². The number of fused-ring (bicyclic) bond motifs is 1. The van der Waals surface area contributed by atoms with Gasteiger partial charge in [-0.3, -0.25) is 9.59 Å². The van der Waals surface area contributed by atoms with Gasteiger partial charge in [0.1, 0.15) is 5.69 Å². The minimum absolute atomic E-state index is 0.000289. The third-order valence-corrected chi connectivity index (χ3v) is 6.82. The first kappa shape index (κ1) is 28.9. The van der Waals surface area contributed by atoms with Gasteiger partial charge in [0.05, 0.1) is 17.0 Å². The van der Waals surface area contributed by atoms with Gasteiger partial charge in [-0.2, -0.15) is 0 Å². The van der Waals surface area contributed by atoms with Crippen molar-refractivity contribution in [2.24, 2.45) is 12.8 Å². The molecule has 36 heavy (non-hydrogen) atoms. The van der Waals surface area contributed by atoms with Crippen molar-refractivity contribution in [3.8, 4) is 0 Å². The van der Waals surface area contributed by atoms with Crippen LogP contribution < -0.4 is 5.73 Å². The van der Waals surface area contributed by atoms with Crippen LogP contribution in [0.2, 0.25) is 0 Å². The third kappa shape index (κ3) is 7.09. The largest absolute Gasteiger partial charge is 0.465 e. The second-order valence-corrected chi connectivity index (χ2v) is 9.87. The van der Waals surface area contributed by atoms with E-state index in [4.69, 9.17) is 20.7 Å². The Labute approximate surface area is 207 Å². The molecule has 0 aliphatic rings. The number of carbonyl (C=O) groups is 2. The fourth-order valence-corrected chi connectivity index (χ4v) is 4.40. The Kier molecular flexibility index (Phi) is 10.1. The number of carbonyl (C=O) groups excluding carboxylic acids is 2. The van der Waals surface area contributed by atoms with Crippen LogP contribution >= 0.6 is 0 Å². The van der Waals surface area contributed by atoms with E-state index >= 15 is 0 Å². The highest BCUT2D eigenvalue weighted by Gasteiger charge is 2.20. The number of esters is 1. The number of hydrogen-bond donors (Lipinski definition) is 3. The molecule has 4 N–H and O–H groups in total. The molecule has 0 radical (unpaired) electrons. The number of halogens is 2. The van der Waals surface area contributed by atoms with Gasteiger partial charge in [0, 0.05) is 32.1 Å². The highest BCUT2D eigenvalue weighted by atomic mass is 32.2. The van der Waals surface area contributed by atoms with E-state index in [0.29, 0.717) is 11.9 Å². The van der Waals surface area contributed by atoms with Gasteiger partial charge in [-0.1, -0.05) is 12.1 Å². The maximum atomic E-state index is 13.6. The number of nitrogens with two attached hydrogens (primary N) is 1. The van der Waals surface area contributed by atoms with Crippen LogP contribution in [0.3, 0.4) is 0 Å². The second-order valence-electron chi connectivity index (χ2n) is 7.88. The molecule has 0 fully saturated rings. The van der Waals surface area contributed by atoms with Crippen molar-refractivity contribution < 1.29 is 41.7 Å². The number of rotatable bonds is 9. The Morgan fingerprint density at radius 2 is 1.69 bits per heavy atom. The maximum Gasteiger partial charge on any atom is 0.321 e. The normalized spacial score (nSPS) is 11.2. The zero-order valence-electron chi connectivity index (χ0n) is 19.8. The van der Waals surface area contributed by atoms with Gasteiger partial charge < -0.3 is 25.3 Å². The van der Waals surface area contributed by atoms with E-state index in [-0.39, 0.29) is 47.8 Å². The number of benzene rings is 2. The number of aliphatic hydroxyl groups excluding tert-OH is 2. The van der Waals surface area contributed by atoms with E-state index < -0.39 is 39.1 Å². The van der Waals surface area contributed by atoms with Gasteiger partial charge in [-0.05, 0) is 48.7 Å². The van der Waals surface area contributed by atoms with Crippen molar-refractivity contribution in [1.29, 1.82) is 0 Å². The van der Waals surface area contributed by atoms with Crippen LogP contribution in [0.15, 0.2) is 41.3 Å². The van der Waals surface area contributed by atoms with Crippen LogP contribution in [-0.4, -0.2) is 60.6 Å². The summed E-state index contributed by atoms with van der Waals surface area (Å²) in [6.07, 6.45) is 0.727. The lowest BCUT2D eigenvalue weighted by atomic mass is 10.1. The van der Waals surface area contributed by atoms with E-state index in [9.17, 15) is 26.8 Å². The monoisotopic (exact) mass is 526 g/mol. The Balaban J connectivity index is 0.000000259. The average Bonchev–Trinajstić information content (AvgIpc) is 3.15. The summed E-state index contributed by atoms with van der Waals surface area (Å²) < 4.78 is 56.9. The van der Waals surface area contributed by atoms with Gasteiger partial charge in [0.25, 0.3) is 5.91 Å². The van der Waals surface area contributed by atoms with Gasteiger partial charge in [0.15, 0.2) is 27.2 Å². The number of ether oxygens (including phenoxy) is 1. The lowest BCUT2D eigenvalue weighted by Crippen LogP contribution is -2.19. The first-order valence-electron chi connectivity index (χ1n) is 10.9. The molecule has 2 aromatic carbocycles. The van der Waals surface area contributed by atoms with E-state index in [1.165, 1.54) is 35.8 Å². The quantitative estimate of drug-likeness (QED) is 0.284. The molecule has 1 amide bonds. The highest BCUT2D eigenvalue weighted by Crippen LogP contribution is 2.26. The molecule has 9 nitrogen and oxygen atoms in total. The summed E-state index contributed by atoms with van der Waals surface area (Å²) in [6, 6.07) is 8.75. The smallest absolute Gasteiger partial charge is 0.321 e. The number of aliphatic hydroxyl groups is 2. The van der Waals surface area contributed by atoms with Crippen LogP contribution in [0.1, 0.15) is 28.0 Å². The van der Waals surface area contributed by atoms with Crippen LogP contribution in [0.5, 0.6) is 0 Å². The molecule has 1 heterocycles. The van der Waals surface area contributed by atoms with Gasteiger partial charge >= 0.3 is 5.97 Å². The molecule has 3 aromatic rings. The zero-order chi connectivity index (χ0) is 27.0. The molecule has 196 valence electrons. The van der Waals surface area contributed by atoms with Crippen molar-refractivity contribution >= 4 is 32.6 Å². The van der Waals surface area contributed by atoms with Crippen molar-refractivity contribution in [2.75, 3.05) is 25.6 Å². The zero-order valence-corrected chi connectivity index (χ0v) is 20.6. The topological polar surface area (TPSA) is 149 Å². The number of aromatic nitrogens is 1. The van der Waals surface area contributed by atoms with Crippen molar-refractivity contribution in [3.63, 3.8) is 0 Å². The summed E-state index contributed by atoms with van der Waals surface area (Å²) in [5.74, 6) is -4.07. The van der Waals surface area contributed by atoms with Gasteiger partial charge in [0.2, 0.25) is 0 Å². The fourth-order valence-electron chi connectivity index (χ4n) is 3.29. The Hall–Kier alpha value is -3.35. The first-order valence-corrected chi connectivity index (χ1v) is 12.5. The van der Waals surface area contributed by atoms with Crippen LogP contribution in [-0.2, 0) is 32.8 Å². The van der Waals surface area contributed by atoms with Gasteiger partial charge in [-0.15, -0.1) is 0 Å². The predicted molar refractivity (Wildman–Crippen MR) is 128 cm³/mol. The van der Waals surface area contributed by atoms with Crippen molar-refractivity contribution in [1.82, 2.24) is 4.57 Å². The summed E-state index contributed by atoms with van der Waals surface area (Å²) in [6.45, 7) is 1.34. The second kappa shape index (κ2) is 12.6. The lowest BCUT2D eigenvalue weighted by molar-refractivity contribution is -0.140. The molecule has 0 saturated carbocycles. The standard InChI is InChI=1S/C13H18O6S.C11H10F2N2O/c14-7-1-9-19-13(16)10-20(17,18)12-4-2-11(3-5-12)6-8-15;1-5-3-7-6(10(13)9(5)12)4-8(11(14)16)15(7)2/h2-5,14-15H,1,6-10H2;3-4H,1-2H3,(H2,14,16). The average molecular weight is 527 g/mol. The Morgan fingerprint density at radius 3 is 2.25 bits per heavy atom. The number of hydrogen-bond acceptors (Lipinski definition) is 7. The number of aryl methyl sites for hydroxylation is 2. The number of primary amides is 1. The molecule has 12 heteroatoms. The molecule has 0 aliphatic carbocycles. The molecule has 0 spiro atoms. The van der Waals surface area contributed by atoms with Crippen molar-refractivity contribution in [2.45, 2.75) is 24.7 Å². The SMILES string of the molecule is Cc1cc2c(cc(C(N)=O)n2C)c(F)c1F.O=C(CS(=O)(=O)c1ccc(CCO)cc1)OCCCO. The lowest BCUT2D eigenvalue weighted by Gasteiger charge is -2.06. The fraction of sp³-hybridized carbons (Fsp3) is 0.333. The summed E-state index contributed by atoms with van der Waals surface area (Å²) in [4.78, 5) is 22.5. The summed E-state index contributed by atoms with van der Waals surface area (Å²) in [7, 11) is -2.15. The van der Waals surface area contributed by atoms with E-state index in [0.717, 1.165) is 5.56 Å². The third-order valence-electron chi connectivity index (χ3n) is 5.22. The molecule has 0 bridgehead atoms. The van der Waals surface area contributed by atoms with E-state index in [1.807, 2.05) is 0 Å². The molecule has 0 saturated heterocycles. The van der Waals surface area contributed by atoms with Crippen LogP contribution in [0, 0.1) is 18.6 Å². The number of sulfone groups is 1. The minimum Gasteiger partial charge on any atom is -0.465 e. The number of amides is 1. The predicted octanol–water partition coefficient (Wildman–Crippen LogP) is 1.78. The van der Waals surface area contributed by atoms with Gasteiger partial charge in [-0.25, -0.2) is 17.2 Å². The van der Waals surface area contributed by atoms with Crippen molar-refractivity contribution in [3.05, 3.63) is 64.9 Å². The first-order chi connectivity index (χ1) is 16.9. The molecule has 0 unspecified atom stereocenters. The summed E-state index contributed by atoms with van der Waals surface area (Å²) >= 11 is 0. The summed E-state index contributed by atoms with van der Waals surface area (Å²) in [5.41, 5.74) is 6.74. The molecular weight excluding hydrogens is 498 g/mol. The van der Waals surface area contributed by atoms with E-state index in [1.54, 1.807) is 19.2 Å². The number of nitrogens with zero attached hydrogens (tertiary/aromatic N) is 1. The molecular formula is C24H28F2N2O7S. The Bertz CT molecular complexity index is 1340.